The van der Waals surface area contributed by atoms with Crippen LogP contribution in [0.15, 0.2) is 84.1 Å². The first-order valence-electron chi connectivity index (χ1n) is 16.5. The molecule has 270 valence electrons. The zero-order valence-corrected chi connectivity index (χ0v) is 29.1. The minimum atomic E-state index is -0.538. The van der Waals surface area contributed by atoms with E-state index in [0.29, 0.717) is 54.1 Å². The van der Waals surface area contributed by atoms with Crippen LogP contribution in [0, 0.1) is 23.0 Å². The molecule has 4 rings (SSSR count). The van der Waals surface area contributed by atoms with Crippen LogP contribution in [0.25, 0.3) is 0 Å². The smallest absolute Gasteiger partial charge is 0.330 e. The highest BCUT2D eigenvalue weighted by Gasteiger charge is 2.19. The Morgan fingerprint density at radius 2 is 1.69 bits per heavy atom. The Kier molecular flexibility index (Phi) is 14.3. The van der Waals surface area contributed by atoms with E-state index in [9.17, 15) is 24.8 Å². The number of azo groups is 1. The van der Waals surface area contributed by atoms with Crippen molar-refractivity contribution in [1.82, 2.24) is 0 Å². The highest BCUT2D eigenvalue weighted by atomic mass is 35.5. The first-order chi connectivity index (χ1) is 24.6. The van der Waals surface area contributed by atoms with Crippen LogP contribution >= 0.6 is 11.6 Å². The second kappa shape index (κ2) is 19.1. The molecule has 0 atom stereocenters. The van der Waals surface area contributed by atoms with Crippen molar-refractivity contribution >= 4 is 57.7 Å². The van der Waals surface area contributed by atoms with Crippen LogP contribution in [0.2, 0.25) is 5.02 Å². The van der Waals surface area contributed by atoms with E-state index >= 15 is 0 Å². The topological polar surface area (TPSA) is 182 Å². The molecule has 0 unspecified atom stereocenters. The summed E-state index contributed by atoms with van der Waals surface area (Å²) in [7, 11) is 0. The van der Waals surface area contributed by atoms with Gasteiger partial charge in [-0.1, -0.05) is 44.0 Å². The summed E-state index contributed by atoms with van der Waals surface area (Å²) in [6.45, 7) is 10.0. The maximum absolute atomic E-state index is 11.6. The molecule has 14 nitrogen and oxygen atoms in total. The number of rotatable bonds is 18. The molecule has 3 aromatic carbocycles. The van der Waals surface area contributed by atoms with Crippen LogP contribution in [-0.2, 0) is 19.1 Å². The predicted molar refractivity (Wildman–Crippen MR) is 193 cm³/mol. The van der Waals surface area contributed by atoms with Gasteiger partial charge in [-0.3, -0.25) is 10.1 Å². The Balaban J connectivity index is 1.55. The molecular formula is C36H42ClN6O8+. The number of phenolic OH excluding ortho intramolecular Hbond substituents is 1. The number of aromatic hydroxyl groups is 1. The lowest BCUT2D eigenvalue weighted by atomic mass is 9.90. The molecule has 0 bridgehead atoms. The average molecular weight is 722 g/mol. The minimum absolute atomic E-state index is 0.0950. The van der Waals surface area contributed by atoms with Crippen molar-refractivity contribution in [2.45, 2.75) is 39.0 Å². The highest BCUT2D eigenvalue weighted by Crippen LogP contribution is 2.38. The number of halogens is 1. The van der Waals surface area contributed by atoms with Crippen LogP contribution in [0.4, 0.5) is 34.1 Å². The normalized spacial score (nSPS) is 13.0. The Labute approximate surface area is 300 Å². The standard InChI is InChI=1S/C36H41ClN6O8/c1-4-35(45)49-17-15-42(16-18-50-36(46)5-2)26-11-13-29(24(3)19-26)38-41-32-21-33(44)31(22-34(32)51-23-25-9-7-6-8-10-25)40-39-30-14-12-27(43(47)48)20-28(30)37/h4-5,11-14,19-22,25,39-40,44H,1-2,6-10,15-18,23H2,3H3/p+1. The molecule has 0 aliphatic heterocycles. The summed E-state index contributed by atoms with van der Waals surface area (Å²) in [5, 5.41) is 31.1. The van der Waals surface area contributed by atoms with E-state index in [1.807, 2.05) is 24.0 Å². The second-order valence-corrected chi connectivity index (χ2v) is 12.2. The second-order valence-electron chi connectivity index (χ2n) is 11.8. The highest BCUT2D eigenvalue weighted by molar-refractivity contribution is 6.33. The van der Waals surface area contributed by atoms with E-state index in [1.54, 1.807) is 12.1 Å². The maximum Gasteiger partial charge on any atom is 0.330 e. The lowest BCUT2D eigenvalue weighted by molar-refractivity contribution is -0.539. The number of non-ortho nitro benzene ring substituents is 1. The number of hydrogen-bond donors (Lipinski definition) is 3. The van der Waals surface area contributed by atoms with Gasteiger partial charge in [0.15, 0.2) is 17.2 Å². The first kappa shape index (κ1) is 38.3. The lowest BCUT2D eigenvalue weighted by Crippen LogP contribution is -2.82. The monoisotopic (exact) mass is 721 g/mol. The van der Waals surface area contributed by atoms with Gasteiger partial charge >= 0.3 is 11.9 Å². The van der Waals surface area contributed by atoms with Crippen LogP contribution in [0.3, 0.4) is 0 Å². The number of aryl methyl sites for hydroxylation is 1. The number of benzene rings is 3. The Morgan fingerprint density at radius 3 is 2.29 bits per heavy atom. The SMILES string of the molecule is C=CC(=O)OCCN(CCOC(=O)C=C)c1ccc(N=Nc2cc(O)c([NH2+]Nc3ccc([N+](=O)[O-])cc3Cl)cc2OCC2CCCCC2)c(C)c1. The maximum atomic E-state index is 11.6. The molecule has 0 radical (unpaired) electrons. The van der Waals surface area contributed by atoms with E-state index in [4.69, 9.17) is 25.8 Å². The zero-order chi connectivity index (χ0) is 36.8. The molecule has 15 heteroatoms. The van der Waals surface area contributed by atoms with Gasteiger partial charge in [-0.05, 0) is 55.5 Å². The number of quaternary nitrogens is 1. The molecule has 4 N–H and O–H groups in total. The third-order valence-corrected chi connectivity index (χ3v) is 8.52. The molecule has 51 heavy (non-hydrogen) atoms. The van der Waals surface area contributed by atoms with Gasteiger partial charge in [-0.25, -0.2) is 20.4 Å². The van der Waals surface area contributed by atoms with Crippen LogP contribution in [0.1, 0.15) is 37.7 Å². The molecule has 0 saturated heterocycles. The number of ether oxygens (including phenoxy) is 3. The molecule has 1 aliphatic rings. The summed E-state index contributed by atoms with van der Waals surface area (Å²) in [6, 6.07) is 12.7. The predicted octanol–water partition coefficient (Wildman–Crippen LogP) is 7.12. The number of hydrogen-bond acceptors (Lipinski definition) is 12. The summed E-state index contributed by atoms with van der Waals surface area (Å²) >= 11 is 6.24. The Hall–Kier alpha value is -5.47. The quantitative estimate of drug-likeness (QED) is 0.0179. The van der Waals surface area contributed by atoms with Crippen molar-refractivity contribution in [3.05, 3.63) is 94.5 Å². The number of nitro benzene ring substituents is 1. The van der Waals surface area contributed by atoms with Gasteiger partial charge in [-0.15, -0.1) is 5.11 Å². The number of nitrogens with one attached hydrogen (secondary N) is 1. The van der Waals surface area contributed by atoms with Gasteiger partial charge in [0.25, 0.3) is 5.69 Å². The number of nitro groups is 1. The van der Waals surface area contributed by atoms with Gasteiger partial charge in [0.2, 0.25) is 0 Å². The zero-order valence-electron chi connectivity index (χ0n) is 28.4. The Bertz CT molecular complexity index is 1740. The van der Waals surface area contributed by atoms with Gasteiger partial charge in [0.05, 0.1) is 35.3 Å². The minimum Gasteiger partial charge on any atom is -0.503 e. The third-order valence-electron chi connectivity index (χ3n) is 8.21. The number of esters is 2. The molecule has 0 aromatic heterocycles. The van der Waals surface area contributed by atoms with E-state index < -0.39 is 16.9 Å². The largest absolute Gasteiger partial charge is 0.503 e. The van der Waals surface area contributed by atoms with Gasteiger partial charge in [0.1, 0.15) is 24.6 Å². The lowest BCUT2D eigenvalue weighted by Gasteiger charge is -2.25. The van der Waals surface area contributed by atoms with Crippen LogP contribution < -0.4 is 20.5 Å². The van der Waals surface area contributed by atoms with Gasteiger partial charge in [-0.2, -0.15) is 5.11 Å². The number of nitrogens with two attached hydrogens (primary N) is 1. The number of carbonyl (C=O) groups excluding carboxylic acids is 2. The molecule has 3 aromatic rings. The number of nitrogens with zero attached hydrogens (tertiary/aromatic N) is 4. The van der Waals surface area contributed by atoms with Crippen molar-refractivity contribution in [1.29, 1.82) is 0 Å². The van der Waals surface area contributed by atoms with Gasteiger partial charge < -0.3 is 24.2 Å². The molecule has 0 spiro atoms. The van der Waals surface area contributed by atoms with E-state index in [0.717, 1.165) is 49.1 Å². The fourth-order valence-electron chi connectivity index (χ4n) is 5.39. The third kappa shape index (κ3) is 11.5. The van der Waals surface area contributed by atoms with Crippen molar-refractivity contribution in [2.24, 2.45) is 16.1 Å². The first-order valence-corrected chi connectivity index (χ1v) is 16.8. The molecule has 0 amide bonds. The summed E-state index contributed by atoms with van der Waals surface area (Å²) in [4.78, 5) is 35.6. The number of carbonyl (C=O) groups is 2. The fourth-order valence-corrected chi connectivity index (χ4v) is 5.62. The molecular weight excluding hydrogens is 680 g/mol. The van der Waals surface area contributed by atoms with E-state index in [2.05, 4.69) is 28.8 Å². The summed E-state index contributed by atoms with van der Waals surface area (Å²) in [6.07, 6.45) is 7.85. The van der Waals surface area contributed by atoms with Crippen molar-refractivity contribution in [2.75, 3.05) is 43.2 Å². The molecule has 0 heterocycles. The summed E-state index contributed by atoms with van der Waals surface area (Å²) in [5.41, 5.74) is 7.66. The fraction of sp³-hybridized carbons (Fsp3) is 0.333. The molecule has 1 saturated carbocycles. The summed E-state index contributed by atoms with van der Waals surface area (Å²) < 4.78 is 16.6. The van der Waals surface area contributed by atoms with E-state index in [-0.39, 0.29) is 29.7 Å². The Morgan fingerprint density at radius 1 is 1.02 bits per heavy atom. The van der Waals surface area contributed by atoms with E-state index in [1.165, 1.54) is 36.1 Å². The average Bonchev–Trinajstić information content (AvgIpc) is 3.13. The number of anilines is 2. The molecule has 1 fully saturated rings. The molecule has 1 aliphatic carbocycles. The van der Waals surface area contributed by atoms with Crippen LogP contribution in [0.5, 0.6) is 11.5 Å². The number of nitrogen functional groups attached to an aromatic ring is 1. The van der Waals surface area contributed by atoms with Crippen LogP contribution in [-0.4, -0.2) is 54.9 Å². The number of phenols is 1. The summed E-state index contributed by atoms with van der Waals surface area (Å²) in [5.74, 6) is -0.349. The van der Waals surface area contributed by atoms with Gasteiger partial charge in [0, 0.05) is 42.1 Å². The van der Waals surface area contributed by atoms with Crippen molar-refractivity contribution < 1.29 is 39.3 Å². The van der Waals surface area contributed by atoms with Crippen molar-refractivity contribution in [3.63, 3.8) is 0 Å². The van der Waals surface area contributed by atoms with Crippen molar-refractivity contribution in [3.8, 4) is 11.5 Å².